The number of ether oxygens (including phenoxy) is 1. The van der Waals surface area contributed by atoms with Gasteiger partial charge in [-0.3, -0.25) is 0 Å². The van der Waals surface area contributed by atoms with E-state index in [0.29, 0.717) is 10.6 Å². The number of halogens is 1. The van der Waals surface area contributed by atoms with Crippen molar-refractivity contribution < 1.29 is 9.13 Å². The molecule has 0 heterocycles. The largest absolute Gasteiger partial charge is 0.494 e. The van der Waals surface area contributed by atoms with E-state index in [1.807, 2.05) is 6.26 Å². The fourth-order valence-electron chi connectivity index (χ4n) is 0.806. The molecule has 1 aromatic rings. The molecule has 0 atom stereocenters. The van der Waals surface area contributed by atoms with Crippen LogP contribution in [0.15, 0.2) is 23.1 Å². The smallest absolute Gasteiger partial charge is 0.178 e. The second kappa shape index (κ2) is 3.62. The molecule has 0 radical (unpaired) electrons. The van der Waals surface area contributed by atoms with E-state index in [1.165, 1.54) is 18.9 Å². The first-order chi connectivity index (χ1) is 5.29. The van der Waals surface area contributed by atoms with Crippen molar-refractivity contribution in [2.75, 3.05) is 13.4 Å². The van der Waals surface area contributed by atoms with Gasteiger partial charge in [-0.05, 0) is 18.4 Å². The maximum atomic E-state index is 13.1. The Hall–Kier alpha value is -0.700. The summed E-state index contributed by atoms with van der Waals surface area (Å²) >= 11 is 1.37. The van der Waals surface area contributed by atoms with Crippen molar-refractivity contribution in [1.29, 1.82) is 0 Å². The van der Waals surface area contributed by atoms with Crippen LogP contribution in [0.2, 0.25) is 0 Å². The van der Waals surface area contributed by atoms with Gasteiger partial charge < -0.3 is 4.74 Å². The third-order valence-corrected chi connectivity index (χ3v) is 2.12. The molecule has 1 nitrogen and oxygen atoms in total. The van der Waals surface area contributed by atoms with E-state index in [0.717, 1.165) is 0 Å². The average Bonchev–Trinajstić information content (AvgIpc) is 2.05. The Bertz CT molecular complexity index is 228. The highest BCUT2D eigenvalue weighted by Gasteiger charge is 2.05. The van der Waals surface area contributed by atoms with Gasteiger partial charge in [-0.15, -0.1) is 11.8 Å². The van der Waals surface area contributed by atoms with Crippen LogP contribution in [0.3, 0.4) is 0 Å². The van der Waals surface area contributed by atoms with Crippen molar-refractivity contribution in [2.24, 2.45) is 0 Å². The van der Waals surface area contributed by atoms with Crippen molar-refractivity contribution >= 4 is 11.8 Å². The summed E-state index contributed by atoms with van der Waals surface area (Å²) in [6, 6.07) is 5.10. The normalized spacial score (nSPS) is 9.73. The van der Waals surface area contributed by atoms with Crippen LogP contribution < -0.4 is 4.74 Å². The second-order valence-electron chi connectivity index (χ2n) is 1.98. The maximum Gasteiger partial charge on any atom is 0.178 e. The fraction of sp³-hybridized carbons (Fsp3) is 0.250. The highest BCUT2D eigenvalue weighted by atomic mass is 32.2. The third kappa shape index (κ3) is 1.66. The summed E-state index contributed by atoms with van der Waals surface area (Å²) < 4.78 is 17.9. The Morgan fingerprint density at radius 1 is 1.45 bits per heavy atom. The van der Waals surface area contributed by atoms with Gasteiger partial charge >= 0.3 is 0 Å². The molecular weight excluding hydrogens is 163 g/mol. The first kappa shape index (κ1) is 8.40. The first-order valence-electron chi connectivity index (χ1n) is 3.16. The summed E-state index contributed by atoms with van der Waals surface area (Å²) in [5.74, 6) is 0.0272. The van der Waals surface area contributed by atoms with Gasteiger partial charge in [-0.25, -0.2) is 4.39 Å². The standard InChI is InChI=1S/C8H9FOS/c1-10-6-4-3-5-7(11-2)8(6)9/h3-5H,1-2H3. The topological polar surface area (TPSA) is 9.23 Å². The molecular formula is C8H9FOS. The molecule has 0 fully saturated rings. The zero-order valence-electron chi connectivity index (χ0n) is 6.43. The second-order valence-corrected chi connectivity index (χ2v) is 2.82. The molecule has 1 aromatic carbocycles. The number of hydrogen-bond donors (Lipinski definition) is 0. The minimum absolute atomic E-state index is 0.275. The van der Waals surface area contributed by atoms with Gasteiger partial charge in [0, 0.05) is 4.90 Å². The Kier molecular flexibility index (Phi) is 2.76. The molecule has 11 heavy (non-hydrogen) atoms. The number of rotatable bonds is 2. The van der Waals surface area contributed by atoms with Crippen LogP contribution in [0.25, 0.3) is 0 Å². The van der Waals surface area contributed by atoms with Gasteiger partial charge in [0.1, 0.15) is 0 Å². The molecule has 0 spiro atoms. The highest BCUT2D eigenvalue weighted by Crippen LogP contribution is 2.26. The number of hydrogen-bond acceptors (Lipinski definition) is 2. The van der Waals surface area contributed by atoms with Crippen molar-refractivity contribution in [2.45, 2.75) is 4.90 Å². The maximum absolute atomic E-state index is 13.1. The number of methoxy groups -OCH3 is 1. The van der Waals surface area contributed by atoms with E-state index in [1.54, 1.807) is 18.2 Å². The van der Waals surface area contributed by atoms with Gasteiger partial charge in [0.25, 0.3) is 0 Å². The Morgan fingerprint density at radius 3 is 2.73 bits per heavy atom. The van der Waals surface area contributed by atoms with Crippen molar-refractivity contribution in [3.8, 4) is 5.75 Å². The Morgan fingerprint density at radius 2 is 2.18 bits per heavy atom. The van der Waals surface area contributed by atoms with E-state index in [-0.39, 0.29) is 5.82 Å². The minimum atomic E-state index is -0.275. The molecule has 0 amide bonds. The Labute approximate surface area is 69.6 Å². The third-order valence-electron chi connectivity index (χ3n) is 1.37. The molecule has 0 aliphatic heterocycles. The van der Waals surface area contributed by atoms with E-state index < -0.39 is 0 Å². The first-order valence-corrected chi connectivity index (χ1v) is 4.38. The van der Waals surface area contributed by atoms with E-state index in [9.17, 15) is 4.39 Å². The van der Waals surface area contributed by atoms with Crippen molar-refractivity contribution in [3.63, 3.8) is 0 Å². The lowest BCUT2D eigenvalue weighted by atomic mass is 10.3. The van der Waals surface area contributed by atoms with Gasteiger partial charge in [0.15, 0.2) is 11.6 Å². The van der Waals surface area contributed by atoms with Gasteiger partial charge in [-0.1, -0.05) is 6.07 Å². The number of thioether (sulfide) groups is 1. The molecule has 60 valence electrons. The van der Waals surface area contributed by atoms with Gasteiger partial charge in [0.05, 0.1) is 7.11 Å². The molecule has 0 saturated heterocycles. The van der Waals surface area contributed by atoms with Gasteiger partial charge in [-0.2, -0.15) is 0 Å². The van der Waals surface area contributed by atoms with Gasteiger partial charge in [0.2, 0.25) is 0 Å². The summed E-state index contributed by atoms with van der Waals surface area (Å²) in [4.78, 5) is 0.615. The summed E-state index contributed by atoms with van der Waals surface area (Å²) in [6.45, 7) is 0. The highest BCUT2D eigenvalue weighted by molar-refractivity contribution is 7.98. The quantitative estimate of drug-likeness (QED) is 0.634. The van der Waals surface area contributed by atoms with E-state index in [2.05, 4.69) is 0 Å². The number of benzene rings is 1. The summed E-state index contributed by atoms with van der Waals surface area (Å²) in [5.41, 5.74) is 0. The minimum Gasteiger partial charge on any atom is -0.494 e. The van der Waals surface area contributed by atoms with Crippen LogP contribution in [0.4, 0.5) is 4.39 Å². The molecule has 0 aromatic heterocycles. The lowest BCUT2D eigenvalue weighted by molar-refractivity contribution is 0.381. The molecule has 0 bridgehead atoms. The lowest BCUT2D eigenvalue weighted by Gasteiger charge is -2.03. The molecule has 1 rings (SSSR count). The van der Waals surface area contributed by atoms with E-state index >= 15 is 0 Å². The average molecular weight is 172 g/mol. The summed E-state index contributed by atoms with van der Waals surface area (Å²) in [5, 5.41) is 0. The molecule has 0 aliphatic carbocycles. The molecule has 0 aliphatic rings. The summed E-state index contributed by atoms with van der Waals surface area (Å²) in [6.07, 6.45) is 1.83. The molecule has 0 saturated carbocycles. The zero-order valence-corrected chi connectivity index (χ0v) is 7.24. The molecule has 0 unspecified atom stereocenters. The van der Waals surface area contributed by atoms with Crippen LogP contribution in [0, 0.1) is 5.82 Å². The zero-order chi connectivity index (χ0) is 8.27. The SMILES string of the molecule is COc1cccc(SC)c1F. The van der Waals surface area contributed by atoms with Crippen LogP contribution >= 0.6 is 11.8 Å². The lowest BCUT2D eigenvalue weighted by Crippen LogP contribution is -1.88. The van der Waals surface area contributed by atoms with Crippen LogP contribution in [0.1, 0.15) is 0 Å². The van der Waals surface area contributed by atoms with Crippen molar-refractivity contribution in [3.05, 3.63) is 24.0 Å². The molecule has 3 heteroatoms. The molecule has 0 N–H and O–H groups in total. The van der Waals surface area contributed by atoms with Crippen molar-refractivity contribution in [1.82, 2.24) is 0 Å². The van der Waals surface area contributed by atoms with Crippen LogP contribution in [0.5, 0.6) is 5.75 Å². The van der Waals surface area contributed by atoms with Crippen LogP contribution in [-0.2, 0) is 0 Å². The van der Waals surface area contributed by atoms with Crippen LogP contribution in [-0.4, -0.2) is 13.4 Å². The van der Waals surface area contributed by atoms with E-state index in [4.69, 9.17) is 4.74 Å². The Balaban J connectivity index is 3.10. The summed E-state index contributed by atoms with van der Waals surface area (Å²) in [7, 11) is 1.46. The predicted molar refractivity (Wildman–Crippen MR) is 44.7 cm³/mol. The monoisotopic (exact) mass is 172 g/mol. The predicted octanol–water partition coefficient (Wildman–Crippen LogP) is 2.56. The fourth-order valence-corrected chi connectivity index (χ4v) is 1.30.